The van der Waals surface area contributed by atoms with Crippen molar-refractivity contribution in [3.63, 3.8) is 0 Å². The Labute approximate surface area is 130 Å². The van der Waals surface area contributed by atoms with E-state index in [1.54, 1.807) is 6.92 Å². The van der Waals surface area contributed by atoms with E-state index in [0.29, 0.717) is 6.10 Å². The largest absolute Gasteiger partial charge is 0.371 e. The summed E-state index contributed by atoms with van der Waals surface area (Å²) in [4.78, 5) is 15.5. The van der Waals surface area contributed by atoms with Crippen molar-refractivity contribution in [3.8, 4) is 0 Å². The second-order valence-electron chi connectivity index (χ2n) is 6.20. The molecule has 21 heavy (non-hydrogen) atoms. The number of carbonyl (C=O) groups excluding carboxylic acids is 1. The topological polar surface area (TPSA) is 32.8 Å². The van der Waals surface area contributed by atoms with Crippen LogP contribution in [0.5, 0.6) is 0 Å². The summed E-state index contributed by atoms with van der Waals surface area (Å²) >= 11 is 0. The SMILES string of the molecule is CC.CCC(C)CN1CCC(OC2CN(C(C)=O)C2)CC1. The number of likely N-dealkylation sites (tertiary alicyclic amines) is 2. The van der Waals surface area contributed by atoms with E-state index >= 15 is 0 Å². The molecule has 0 aromatic heterocycles. The third-order valence-corrected chi connectivity index (χ3v) is 4.48. The van der Waals surface area contributed by atoms with Gasteiger partial charge >= 0.3 is 0 Å². The highest BCUT2D eigenvalue weighted by molar-refractivity contribution is 5.74. The molecule has 0 aliphatic carbocycles. The fourth-order valence-corrected chi connectivity index (χ4v) is 2.85. The first-order valence-electron chi connectivity index (χ1n) is 8.71. The van der Waals surface area contributed by atoms with E-state index in [1.807, 2.05) is 18.7 Å². The number of nitrogens with zero attached hydrogens (tertiary/aromatic N) is 2. The zero-order chi connectivity index (χ0) is 15.8. The Balaban J connectivity index is 0.00000106. The van der Waals surface area contributed by atoms with Crippen LogP contribution in [0.3, 0.4) is 0 Å². The minimum absolute atomic E-state index is 0.170. The average molecular weight is 298 g/mol. The lowest BCUT2D eigenvalue weighted by molar-refractivity contribution is -0.150. The smallest absolute Gasteiger partial charge is 0.219 e. The maximum atomic E-state index is 11.1. The molecule has 4 heteroatoms. The van der Waals surface area contributed by atoms with E-state index in [2.05, 4.69) is 18.7 Å². The number of hydrogen-bond acceptors (Lipinski definition) is 3. The first-order chi connectivity index (χ1) is 10.1. The lowest BCUT2D eigenvalue weighted by Gasteiger charge is -2.42. The molecule has 0 spiro atoms. The molecule has 2 saturated heterocycles. The van der Waals surface area contributed by atoms with Crippen molar-refractivity contribution in [1.82, 2.24) is 9.80 Å². The van der Waals surface area contributed by atoms with Crippen molar-refractivity contribution in [2.24, 2.45) is 5.92 Å². The summed E-state index contributed by atoms with van der Waals surface area (Å²) in [6.07, 6.45) is 4.25. The number of amides is 1. The molecule has 1 amide bonds. The molecule has 0 aromatic rings. The van der Waals surface area contributed by atoms with Crippen LogP contribution in [0, 0.1) is 5.92 Å². The van der Waals surface area contributed by atoms with Gasteiger partial charge in [0.05, 0.1) is 12.2 Å². The summed E-state index contributed by atoms with van der Waals surface area (Å²) in [5, 5.41) is 0. The molecule has 0 saturated carbocycles. The molecule has 0 bridgehead atoms. The second kappa shape index (κ2) is 9.42. The van der Waals surface area contributed by atoms with E-state index in [0.717, 1.165) is 44.9 Å². The van der Waals surface area contributed by atoms with Crippen LogP contribution in [-0.4, -0.2) is 60.6 Å². The Bertz CT molecular complexity index is 295. The van der Waals surface area contributed by atoms with Crippen LogP contribution in [0.25, 0.3) is 0 Å². The van der Waals surface area contributed by atoms with Gasteiger partial charge in [0.2, 0.25) is 5.91 Å². The van der Waals surface area contributed by atoms with Gasteiger partial charge in [-0.1, -0.05) is 34.1 Å². The predicted octanol–water partition coefficient (Wildman–Crippen LogP) is 2.77. The quantitative estimate of drug-likeness (QED) is 0.782. The summed E-state index contributed by atoms with van der Waals surface area (Å²) in [5.41, 5.74) is 0. The molecule has 1 unspecified atom stereocenters. The normalized spacial score (nSPS) is 22.2. The van der Waals surface area contributed by atoms with E-state index in [1.165, 1.54) is 13.0 Å². The Morgan fingerprint density at radius 3 is 2.24 bits per heavy atom. The highest BCUT2D eigenvalue weighted by Gasteiger charge is 2.32. The van der Waals surface area contributed by atoms with E-state index in [9.17, 15) is 4.79 Å². The lowest BCUT2D eigenvalue weighted by Crippen LogP contribution is -2.55. The fraction of sp³-hybridized carbons (Fsp3) is 0.941. The highest BCUT2D eigenvalue weighted by atomic mass is 16.5. The van der Waals surface area contributed by atoms with Crippen LogP contribution in [0.4, 0.5) is 0 Å². The molecule has 124 valence electrons. The first-order valence-corrected chi connectivity index (χ1v) is 8.71. The number of rotatable bonds is 5. The van der Waals surface area contributed by atoms with Crippen molar-refractivity contribution >= 4 is 5.91 Å². The van der Waals surface area contributed by atoms with Crippen molar-refractivity contribution in [1.29, 1.82) is 0 Å². The van der Waals surface area contributed by atoms with Gasteiger partial charge in [0.25, 0.3) is 0 Å². The number of piperidine rings is 1. The van der Waals surface area contributed by atoms with E-state index in [-0.39, 0.29) is 12.0 Å². The van der Waals surface area contributed by atoms with Crippen molar-refractivity contribution < 1.29 is 9.53 Å². The Morgan fingerprint density at radius 1 is 1.19 bits per heavy atom. The van der Waals surface area contributed by atoms with Gasteiger partial charge in [-0.25, -0.2) is 0 Å². The summed E-state index contributed by atoms with van der Waals surface area (Å²) in [6, 6.07) is 0. The zero-order valence-electron chi connectivity index (χ0n) is 14.6. The summed E-state index contributed by atoms with van der Waals surface area (Å²) in [7, 11) is 0. The first kappa shape index (κ1) is 18.4. The van der Waals surface area contributed by atoms with Gasteiger partial charge in [-0.05, 0) is 18.8 Å². The molecule has 2 fully saturated rings. The van der Waals surface area contributed by atoms with Crippen molar-refractivity contribution in [2.45, 2.75) is 66.1 Å². The minimum Gasteiger partial charge on any atom is -0.371 e. The van der Waals surface area contributed by atoms with Gasteiger partial charge < -0.3 is 14.5 Å². The molecule has 2 aliphatic rings. The van der Waals surface area contributed by atoms with Crippen molar-refractivity contribution in [2.75, 3.05) is 32.7 Å². The fourth-order valence-electron chi connectivity index (χ4n) is 2.85. The molecule has 2 aliphatic heterocycles. The Morgan fingerprint density at radius 2 is 1.76 bits per heavy atom. The molecule has 0 N–H and O–H groups in total. The lowest BCUT2D eigenvalue weighted by atomic mass is 10.0. The Kier molecular flexibility index (Phi) is 8.27. The summed E-state index contributed by atoms with van der Waals surface area (Å²) in [5.74, 6) is 0.969. The number of ether oxygens (including phenoxy) is 1. The third-order valence-electron chi connectivity index (χ3n) is 4.48. The van der Waals surface area contributed by atoms with E-state index < -0.39 is 0 Å². The van der Waals surface area contributed by atoms with Crippen LogP contribution in [0.2, 0.25) is 0 Å². The van der Waals surface area contributed by atoms with Gasteiger partial charge in [0.1, 0.15) is 0 Å². The molecule has 1 atom stereocenters. The molecule has 4 nitrogen and oxygen atoms in total. The standard InChI is InChI=1S/C15H28N2O2.C2H6/c1-4-12(2)9-16-7-5-14(6-8-16)19-15-10-17(11-15)13(3)18;1-2/h12,14-15H,4-11H2,1-3H3;1-2H3. The number of carbonyl (C=O) groups is 1. The molecule has 2 heterocycles. The van der Waals surface area contributed by atoms with Gasteiger partial charge in [-0.3, -0.25) is 4.79 Å². The zero-order valence-corrected chi connectivity index (χ0v) is 14.6. The summed E-state index contributed by atoms with van der Waals surface area (Å²) in [6.45, 7) is 15.4. The monoisotopic (exact) mass is 298 g/mol. The van der Waals surface area contributed by atoms with Gasteiger partial charge in [-0.2, -0.15) is 0 Å². The Hall–Kier alpha value is -0.610. The average Bonchev–Trinajstić information content (AvgIpc) is 2.45. The van der Waals surface area contributed by atoms with Gasteiger partial charge in [0, 0.05) is 39.6 Å². The molecular weight excluding hydrogens is 264 g/mol. The molecule has 2 rings (SSSR count). The van der Waals surface area contributed by atoms with Gasteiger partial charge in [-0.15, -0.1) is 0 Å². The maximum absolute atomic E-state index is 11.1. The second-order valence-corrected chi connectivity index (χ2v) is 6.20. The predicted molar refractivity (Wildman–Crippen MR) is 87.4 cm³/mol. The van der Waals surface area contributed by atoms with E-state index in [4.69, 9.17) is 4.74 Å². The van der Waals surface area contributed by atoms with Crippen LogP contribution in [0.1, 0.15) is 53.9 Å². The van der Waals surface area contributed by atoms with Crippen molar-refractivity contribution in [3.05, 3.63) is 0 Å². The minimum atomic E-state index is 0.170. The highest BCUT2D eigenvalue weighted by Crippen LogP contribution is 2.21. The molecule has 0 radical (unpaired) electrons. The van der Waals surface area contributed by atoms with Crippen LogP contribution in [-0.2, 0) is 9.53 Å². The summed E-state index contributed by atoms with van der Waals surface area (Å²) < 4.78 is 6.07. The maximum Gasteiger partial charge on any atom is 0.219 e. The van der Waals surface area contributed by atoms with Crippen LogP contribution < -0.4 is 0 Å². The molecule has 0 aromatic carbocycles. The number of hydrogen-bond donors (Lipinski definition) is 0. The van der Waals surface area contributed by atoms with Crippen LogP contribution in [0.15, 0.2) is 0 Å². The van der Waals surface area contributed by atoms with Crippen LogP contribution >= 0.6 is 0 Å². The molecular formula is C17H34N2O2. The van der Waals surface area contributed by atoms with Gasteiger partial charge in [0.15, 0.2) is 0 Å². The third kappa shape index (κ3) is 5.95.